The number of nitrogens with one attached hydrogen (secondary N) is 1. The summed E-state index contributed by atoms with van der Waals surface area (Å²) in [4.78, 5) is 10.7. The van der Waals surface area contributed by atoms with Crippen molar-refractivity contribution in [3.8, 4) is 0 Å². The highest BCUT2D eigenvalue weighted by Gasteiger charge is 2.20. The van der Waals surface area contributed by atoms with Gasteiger partial charge in [-0.15, -0.1) is 0 Å². The summed E-state index contributed by atoms with van der Waals surface area (Å²) in [6.07, 6.45) is 6.77. The van der Waals surface area contributed by atoms with E-state index in [-0.39, 0.29) is 6.10 Å². The standard InChI is InChI=1S/C13H22N4O/c1-10(18)5-6-17(2)13-15-8-11(9-16-13)7-14-12-3-4-12/h8-10,12,14,18H,3-7H2,1-2H3. The van der Waals surface area contributed by atoms with Gasteiger partial charge in [-0.05, 0) is 26.2 Å². The summed E-state index contributed by atoms with van der Waals surface area (Å²) in [6, 6.07) is 0.707. The number of anilines is 1. The van der Waals surface area contributed by atoms with Crippen LogP contribution in [0.15, 0.2) is 12.4 Å². The van der Waals surface area contributed by atoms with E-state index in [0.717, 1.165) is 25.1 Å². The Hall–Kier alpha value is -1.20. The average molecular weight is 250 g/mol. The number of aliphatic hydroxyl groups excluding tert-OH is 1. The van der Waals surface area contributed by atoms with Crippen LogP contribution in [0.4, 0.5) is 5.95 Å². The van der Waals surface area contributed by atoms with Gasteiger partial charge in [0, 0.05) is 44.1 Å². The van der Waals surface area contributed by atoms with Crippen LogP contribution in [-0.4, -0.2) is 40.8 Å². The maximum Gasteiger partial charge on any atom is 0.224 e. The van der Waals surface area contributed by atoms with E-state index in [1.54, 1.807) is 6.92 Å². The lowest BCUT2D eigenvalue weighted by Gasteiger charge is -2.17. The molecule has 0 bridgehead atoms. The molecule has 0 spiro atoms. The summed E-state index contributed by atoms with van der Waals surface area (Å²) in [6.45, 7) is 3.40. The fraction of sp³-hybridized carbons (Fsp3) is 0.692. The number of nitrogens with zero attached hydrogens (tertiary/aromatic N) is 3. The van der Waals surface area contributed by atoms with Gasteiger partial charge < -0.3 is 15.3 Å². The van der Waals surface area contributed by atoms with Crippen molar-refractivity contribution in [2.75, 3.05) is 18.5 Å². The van der Waals surface area contributed by atoms with Gasteiger partial charge in [0.25, 0.3) is 0 Å². The van der Waals surface area contributed by atoms with Crippen molar-refractivity contribution in [3.05, 3.63) is 18.0 Å². The normalized spacial score (nSPS) is 16.6. The minimum Gasteiger partial charge on any atom is -0.393 e. The van der Waals surface area contributed by atoms with E-state index >= 15 is 0 Å². The molecule has 1 aromatic rings. The van der Waals surface area contributed by atoms with Gasteiger partial charge in [-0.3, -0.25) is 0 Å². The molecule has 1 unspecified atom stereocenters. The first-order valence-corrected chi connectivity index (χ1v) is 6.58. The first-order chi connectivity index (χ1) is 8.65. The molecule has 1 aliphatic carbocycles. The first kappa shape index (κ1) is 13.2. The van der Waals surface area contributed by atoms with Gasteiger partial charge in [-0.2, -0.15) is 0 Å². The molecule has 1 aliphatic rings. The van der Waals surface area contributed by atoms with Crippen LogP contribution in [-0.2, 0) is 6.54 Å². The van der Waals surface area contributed by atoms with Crippen molar-refractivity contribution in [1.82, 2.24) is 15.3 Å². The van der Waals surface area contributed by atoms with E-state index in [4.69, 9.17) is 0 Å². The van der Waals surface area contributed by atoms with E-state index in [1.807, 2.05) is 24.3 Å². The Kier molecular flexibility index (Phi) is 4.49. The fourth-order valence-electron chi connectivity index (χ4n) is 1.67. The van der Waals surface area contributed by atoms with E-state index in [0.29, 0.717) is 12.0 Å². The Morgan fingerprint density at radius 2 is 2.11 bits per heavy atom. The zero-order valence-corrected chi connectivity index (χ0v) is 11.1. The Balaban J connectivity index is 1.81. The molecule has 1 fully saturated rings. The molecule has 0 aliphatic heterocycles. The third-order valence-corrected chi connectivity index (χ3v) is 3.09. The quantitative estimate of drug-likeness (QED) is 0.754. The van der Waals surface area contributed by atoms with E-state index in [1.165, 1.54) is 12.8 Å². The van der Waals surface area contributed by atoms with Gasteiger partial charge in [0.05, 0.1) is 6.10 Å². The predicted molar refractivity (Wildman–Crippen MR) is 71.5 cm³/mol. The van der Waals surface area contributed by atoms with Crippen molar-refractivity contribution in [2.24, 2.45) is 0 Å². The molecule has 18 heavy (non-hydrogen) atoms. The molecule has 2 N–H and O–H groups in total. The summed E-state index contributed by atoms with van der Waals surface area (Å²) in [5, 5.41) is 12.7. The smallest absolute Gasteiger partial charge is 0.224 e. The average Bonchev–Trinajstić information content (AvgIpc) is 3.18. The molecular formula is C13H22N4O. The van der Waals surface area contributed by atoms with Gasteiger partial charge in [-0.1, -0.05) is 0 Å². The SMILES string of the molecule is CC(O)CCN(C)c1ncc(CNC2CC2)cn1. The molecule has 1 atom stereocenters. The van der Waals surface area contributed by atoms with Crippen molar-refractivity contribution in [2.45, 2.75) is 44.9 Å². The number of rotatable bonds is 7. The highest BCUT2D eigenvalue weighted by molar-refractivity contribution is 5.28. The maximum atomic E-state index is 9.24. The topological polar surface area (TPSA) is 61.3 Å². The second kappa shape index (κ2) is 6.11. The number of aromatic nitrogens is 2. The molecule has 0 saturated heterocycles. The largest absolute Gasteiger partial charge is 0.393 e. The summed E-state index contributed by atoms with van der Waals surface area (Å²) in [5.74, 6) is 0.714. The van der Waals surface area contributed by atoms with Crippen molar-refractivity contribution < 1.29 is 5.11 Å². The maximum absolute atomic E-state index is 9.24. The Morgan fingerprint density at radius 3 is 2.67 bits per heavy atom. The lowest BCUT2D eigenvalue weighted by molar-refractivity contribution is 0.186. The molecule has 0 aromatic carbocycles. The molecule has 5 heteroatoms. The molecule has 1 heterocycles. The van der Waals surface area contributed by atoms with E-state index in [9.17, 15) is 5.11 Å². The van der Waals surface area contributed by atoms with Crippen molar-refractivity contribution >= 4 is 5.95 Å². The van der Waals surface area contributed by atoms with Gasteiger partial charge in [0.2, 0.25) is 5.95 Å². The van der Waals surface area contributed by atoms with Gasteiger partial charge in [0.15, 0.2) is 0 Å². The molecular weight excluding hydrogens is 228 g/mol. The van der Waals surface area contributed by atoms with Crippen molar-refractivity contribution in [1.29, 1.82) is 0 Å². The molecule has 1 aromatic heterocycles. The minimum absolute atomic E-state index is 0.283. The molecule has 0 amide bonds. The monoisotopic (exact) mass is 250 g/mol. The number of hydrogen-bond acceptors (Lipinski definition) is 5. The van der Waals surface area contributed by atoms with Gasteiger partial charge in [-0.25, -0.2) is 9.97 Å². The number of aliphatic hydroxyl groups is 1. The summed E-state index contributed by atoms with van der Waals surface area (Å²) in [7, 11) is 1.94. The van der Waals surface area contributed by atoms with E-state index in [2.05, 4.69) is 15.3 Å². The van der Waals surface area contributed by atoms with Crippen LogP contribution < -0.4 is 10.2 Å². The Labute approximate surface area is 108 Å². The van der Waals surface area contributed by atoms with Gasteiger partial charge in [0.1, 0.15) is 0 Å². The zero-order chi connectivity index (χ0) is 13.0. The first-order valence-electron chi connectivity index (χ1n) is 6.58. The minimum atomic E-state index is -0.283. The Bertz CT molecular complexity index is 362. The Morgan fingerprint density at radius 1 is 1.44 bits per heavy atom. The van der Waals surface area contributed by atoms with Crippen LogP contribution in [0, 0.1) is 0 Å². The molecule has 5 nitrogen and oxygen atoms in total. The van der Waals surface area contributed by atoms with Crippen LogP contribution in [0.2, 0.25) is 0 Å². The highest BCUT2D eigenvalue weighted by atomic mass is 16.3. The highest BCUT2D eigenvalue weighted by Crippen LogP contribution is 2.19. The zero-order valence-electron chi connectivity index (χ0n) is 11.1. The molecule has 0 radical (unpaired) electrons. The second-order valence-electron chi connectivity index (χ2n) is 5.11. The van der Waals surface area contributed by atoms with Crippen LogP contribution in [0.25, 0.3) is 0 Å². The van der Waals surface area contributed by atoms with Crippen LogP contribution in [0.5, 0.6) is 0 Å². The van der Waals surface area contributed by atoms with Gasteiger partial charge >= 0.3 is 0 Å². The lowest BCUT2D eigenvalue weighted by atomic mass is 10.3. The van der Waals surface area contributed by atoms with E-state index < -0.39 is 0 Å². The van der Waals surface area contributed by atoms with Crippen molar-refractivity contribution in [3.63, 3.8) is 0 Å². The summed E-state index contributed by atoms with van der Waals surface area (Å²) >= 11 is 0. The summed E-state index contributed by atoms with van der Waals surface area (Å²) < 4.78 is 0. The third-order valence-electron chi connectivity index (χ3n) is 3.09. The van der Waals surface area contributed by atoms with Crippen LogP contribution >= 0.6 is 0 Å². The third kappa shape index (κ3) is 4.23. The fourth-order valence-corrected chi connectivity index (χ4v) is 1.67. The molecule has 100 valence electrons. The molecule has 2 rings (SSSR count). The van der Waals surface area contributed by atoms with Crippen LogP contribution in [0.3, 0.4) is 0 Å². The lowest BCUT2D eigenvalue weighted by Crippen LogP contribution is -2.24. The second-order valence-corrected chi connectivity index (χ2v) is 5.11. The number of hydrogen-bond donors (Lipinski definition) is 2. The van der Waals surface area contributed by atoms with Crippen LogP contribution in [0.1, 0.15) is 31.7 Å². The molecule has 1 saturated carbocycles. The summed E-state index contributed by atoms with van der Waals surface area (Å²) in [5.41, 5.74) is 1.12. The predicted octanol–water partition coefficient (Wildman–Crippen LogP) is 0.936.